The van der Waals surface area contributed by atoms with E-state index in [4.69, 9.17) is 16.7 Å². The van der Waals surface area contributed by atoms with Crippen molar-refractivity contribution in [3.05, 3.63) is 33.3 Å². The molecule has 2 N–H and O–H groups in total. The van der Waals surface area contributed by atoms with Crippen LogP contribution >= 0.6 is 27.5 Å². The summed E-state index contributed by atoms with van der Waals surface area (Å²) in [5, 5.41) is 13.3. The third kappa shape index (κ3) is 4.70. The quantitative estimate of drug-likeness (QED) is 0.789. The van der Waals surface area contributed by atoms with Crippen LogP contribution in [0.15, 0.2) is 22.7 Å². The molecule has 1 fully saturated rings. The molecule has 1 aromatic carbocycles. The Labute approximate surface area is 139 Å². The van der Waals surface area contributed by atoms with Crippen molar-refractivity contribution in [3.8, 4) is 0 Å². The normalized spacial score (nSPS) is 23.8. The van der Waals surface area contributed by atoms with Crippen molar-refractivity contribution < 1.29 is 9.90 Å². The van der Waals surface area contributed by atoms with Gasteiger partial charge in [-0.25, -0.2) is 0 Å². The second kappa shape index (κ2) is 7.61. The first kappa shape index (κ1) is 16.8. The van der Waals surface area contributed by atoms with Crippen LogP contribution in [0.5, 0.6) is 0 Å². The highest BCUT2D eigenvalue weighted by Crippen LogP contribution is 2.30. The van der Waals surface area contributed by atoms with Crippen LogP contribution in [0, 0.1) is 11.8 Å². The Morgan fingerprint density at radius 3 is 2.67 bits per heavy atom. The second-order valence-electron chi connectivity index (χ2n) is 5.85. The molecule has 1 atom stereocenters. The number of halogens is 2. The fourth-order valence-electron chi connectivity index (χ4n) is 2.92. The molecule has 116 valence electrons. The maximum atomic E-state index is 10.9. The number of aliphatic carboxylic acids is 1. The summed E-state index contributed by atoms with van der Waals surface area (Å²) in [5.41, 5.74) is 1.10. The topological polar surface area (TPSA) is 49.3 Å². The van der Waals surface area contributed by atoms with E-state index in [1.54, 1.807) is 0 Å². The van der Waals surface area contributed by atoms with Crippen LogP contribution in [-0.4, -0.2) is 17.6 Å². The Morgan fingerprint density at radius 2 is 2.10 bits per heavy atom. The minimum Gasteiger partial charge on any atom is -0.481 e. The van der Waals surface area contributed by atoms with E-state index in [0.29, 0.717) is 5.92 Å². The second-order valence-corrected chi connectivity index (χ2v) is 7.17. The zero-order valence-corrected chi connectivity index (χ0v) is 14.5. The Morgan fingerprint density at radius 1 is 1.43 bits per heavy atom. The van der Waals surface area contributed by atoms with Gasteiger partial charge >= 0.3 is 5.97 Å². The predicted octanol–water partition coefficient (Wildman–Crippen LogP) is 4.64. The molecular weight excluding hydrogens is 354 g/mol. The van der Waals surface area contributed by atoms with Gasteiger partial charge in [-0.3, -0.25) is 4.79 Å². The third-order valence-electron chi connectivity index (χ3n) is 4.34. The summed E-state index contributed by atoms with van der Waals surface area (Å²) in [6, 6.07) is 6.14. The van der Waals surface area contributed by atoms with Gasteiger partial charge in [0.15, 0.2) is 0 Å². The highest BCUT2D eigenvalue weighted by Gasteiger charge is 2.26. The lowest BCUT2D eigenvalue weighted by molar-refractivity contribution is -0.143. The molecule has 0 amide bonds. The largest absolute Gasteiger partial charge is 0.481 e. The van der Waals surface area contributed by atoms with Gasteiger partial charge in [0.25, 0.3) is 0 Å². The Kier molecular flexibility index (Phi) is 6.08. The van der Waals surface area contributed by atoms with Crippen LogP contribution in [0.2, 0.25) is 5.02 Å². The molecule has 1 saturated carbocycles. The molecule has 0 aromatic heterocycles. The van der Waals surface area contributed by atoms with Crippen LogP contribution in [0.3, 0.4) is 0 Å². The highest BCUT2D eigenvalue weighted by atomic mass is 79.9. The molecule has 1 aliphatic rings. The molecule has 21 heavy (non-hydrogen) atoms. The SMILES string of the molecule is CC(NCC1CCC(C(=O)O)CC1)c1ccc(Br)cc1Cl. The van der Waals surface area contributed by atoms with Gasteiger partial charge in [-0.2, -0.15) is 0 Å². The number of hydrogen-bond donors (Lipinski definition) is 2. The van der Waals surface area contributed by atoms with Crippen LogP contribution in [0.4, 0.5) is 0 Å². The average Bonchev–Trinajstić information content (AvgIpc) is 2.45. The zero-order valence-electron chi connectivity index (χ0n) is 12.1. The molecule has 1 unspecified atom stereocenters. The molecular formula is C16H21BrClNO2. The van der Waals surface area contributed by atoms with E-state index in [2.05, 4.69) is 28.2 Å². The van der Waals surface area contributed by atoms with E-state index >= 15 is 0 Å². The van der Waals surface area contributed by atoms with E-state index in [-0.39, 0.29) is 12.0 Å². The van der Waals surface area contributed by atoms with Gasteiger partial charge in [0.05, 0.1) is 5.92 Å². The fraction of sp³-hybridized carbons (Fsp3) is 0.562. The number of nitrogens with one attached hydrogen (secondary N) is 1. The predicted molar refractivity (Wildman–Crippen MR) is 88.7 cm³/mol. The first-order valence-electron chi connectivity index (χ1n) is 7.38. The number of carbonyl (C=O) groups is 1. The van der Waals surface area contributed by atoms with Gasteiger partial charge in [0, 0.05) is 15.5 Å². The fourth-order valence-corrected chi connectivity index (χ4v) is 3.76. The maximum Gasteiger partial charge on any atom is 0.306 e. The Hall–Kier alpha value is -0.580. The first-order chi connectivity index (χ1) is 9.97. The van der Waals surface area contributed by atoms with E-state index in [1.165, 1.54) is 0 Å². The number of benzene rings is 1. The summed E-state index contributed by atoms with van der Waals surface area (Å²) in [6.07, 6.45) is 3.58. The molecule has 5 heteroatoms. The number of carboxylic acids is 1. The van der Waals surface area contributed by atoms with E-state index in [1.807, 2.05) is 18.2 Å². The minimum absolute atomic E-state index is 0.139. The summed E-state index contributed by atoms with van der Waals surface area (Å²) in [6.45, 7) is 3.03. The molecule has 2 rings (SSSR count). The summed E-state index contributed by atoms with van der Waals surface area (Å²) < 4.78 is 0.982. The van der Waals surface area contributed by atoms with Crippen LogP contribution < -0.4 is 5.32 Å². The lowest BCUT2D eigenvalue weighted by Gasteiger charge is -2.27. The van der Waals surface area contributed by atoms with Crippen LogP contribution in [0.1, 0.15) is 44.2 Å². The molecule has 0 heterocycles. The van der Waals surface area contributed by atoms with E-state index < -0.39 is 5.97 Å². The number of hydrogen-bond acceptors (Lipinski definition) is 2. The lowest BCUT2D eigenvalue weighted by atomic mass is 9.82. The highest BCUT2D eigenvalue weighted by molar-refractivity contribution is 9.10. The van der Waals surface area contributed by atoms with Crippen molar-refractivity contribution in [2.24, 2.45) is 11.8 Å². The van der Waals surface area contributed by atoms with Crippen LogP contribution in [0.25, 0.3) is 0 Å². The molecule has 1 aliphatic carbocycles. The van der Waals surface area contributed by atoms with Crippen molar-refractivity contribution in [1.82, 2.24) is 5.32 Å². The zero-order chi connectivity index (χ0) is 15.4. The number of carboxylic acid groups (broad SMARTS) is 1. The van der Waals surface area contributed by atoms with E-state index in [0.717, 1.165) is 47.3 Å². The van der Waals surface area contributed by atoms with Crippen LogP contribution in [-0.2, 0) is 4.79 Å². The van der Waals surface area contributed by atoms with Crippen molar-refractivity contribution in [2.75, 3.05) is 6.54 Å². The van der Waals surface area contributed by atoms with Crippen molar-refractivity contribution >= 4 is 33.5 Å². The van der Waals surface area contributed by atoms with Gasteiger partial charge in [0.1, 0.15) is 0 Å². The summed E-state index contributed by atoms with van der Waals surface area (Å²) >= 11 is 9.68. The van der Waals surface area contributed by atoms with Gasteiger partial charge < -0.3 is 10.4 Å². The van der Waals surface area contributed by atoms with Crippen molar-refractivity contribution in [1.29, 1.82) is 0 Å². The van der Waals surface area contributed by atoms with Crippen molar-refractivity contribution in [2.45, 2.75) is 38.6 Å². The van der Waals surface area contributed by atoms with E-state index in [9.17, 15) is 4.79 Å². The standard InChI is InChI=1S/C16H21BrClNO2/c1-10(14-7-6-13(17)8-15(14)18)19-9-11-2-4-12(5-3-11)16(20)21/h6-8,10-12,19H,2-5,9H2,1H3,(H,20,21). The molecule has 0 spiro atoms. The van der Waals surface area contributed by atoms with Gasteiger partial charge in [-0.15, -0.1) is 0 Å². The molecule has 0 radical (unpaired) electrons. The Bertz CT molecular complexity index is 501. The minimum atomic E-state index is -0.642. The summed E-state index contributed by atoms with van der Waals surface area (Å²) in [7, 11) is 0. The van der Waals surface area contributed by atoms with Crippen molar-refractivity contribution in [3.63, 3.8) is 0 Å². The molecule has 0 aliphatic heterocycles. The lowest BCUT2D eigenvalue weighted by Crippen LogP contribution is -2.30. The molecule has 1 aromatic rings. The smallest absolute Gasteiger partial charge is 0.306 e. The maximum absolute atomic E-state index is 10.9. The monoisotopic (exact) mass is 373 g/mol. The third-order valence-corrected chi connectivity index (χ3v) is 5.16. The molecule has 0 bridgehead atoms. The average molecular weight is 375 g/mol. The summed E-state index contributed by atoms with van der Waals surface area (Å²) in [4.78, 5) is 10.9. The number of rotatable bonds is 5. The molecule has 3 nitrogen and oxygen atoms in total. The summed E-state index contributed by atoms with van der Waals surface area (Å²) in [5.74, 6) is -0.215. The Balaban J connectivity index is 1.82. The molecule has 0 saturated heterocycles. The van der Waals surface area contributed by atoms with Gasteiger partial charge in [0.2, 0.25) is 0 Å². The van der Waals surface area contributed by atoms with Gasteiger partial charge in [-0.05, 0) is 62.8 Å². The first-order valence-corrected chi connectivity index (χ1v) is 8.55. The van der Waals surface area contributed by atoms with Gasteiger partial charge in [-0.1, -0.05) is 33.6 Å².